The zero-order valence-corrected chi connectivity index (χ0v) is 11.8. The van der Waals surface area contributed by atoms with Gasteiger partial charge in [0.15, 0.2) is 0 Å². The molecule has 1 atom stereocenters. The van der Waals surface area contributed by atoms with Gasteiger partial charge < -0.3 is 5.32 Å². The predicted molar refractivity (Wildman–Crippen MR) is 68.0 cm³/mol. The fourth-order valence-corrected chi connectivity index (χ4v) is 2.65. The van der Waals surface area contributed by atoms with E-state index in [1.54, 1.807) is 12.1 Å². The number of amides is 1. The van der Waals surface area contributed by atoms with Crippen molar-refractivity contribution in [3.63, 3.8) is 0 Å². The third kappa shape index (κ3) is 3.79. The van der Waals surface area contributed by atoms with Gasteiger partial charge in [0.05, 0.1) is 10.9 Å². The minimum absolute atomic E-state index is 0.122. The van der Waals surface area contributed by atoms with Crippen LogP contribution >= 0.6 is 15.9 Å². The van der Waals surface area contributed by atoms with Crippen molar-refractivity contribution in [2.75, 3.05) is 7.05 Å². The summed E-state index contributed by atoms with van der Waals surface area (Å²) in [5.41, 5.74) is 0. The highest BCUT2D eigenvalue weighted by Gasteiger charge is 2.20. The number of sulfonamides is 1. The van der Waals surface area contributed by atoms with Crippen LogP contribution in [0.1, 0.15) is 6.92 Å². The second-order valence-corrected chi connectivity index (χ2v) is 6.04. The zero-order chi connectivity index (χ0) is 13.1. The summed E-state index contributed by atoms with van der Waals surface area (Å²) in [6, 6.07) is 5.36. The van der Waals surface area contributed by atoms with Crippen LogP contribution in [-0.4, -0.2) is 27.4 Å². The number of carbonyl (C=O) groups is 1. The average molecular weight is 321 g/mol. The summed E-state index contributed by atoms with van der Waals surface area (Å²) in [5.74, 6) is -0.384. The molecule has 0 fully saturated rings. The molecule has 0 radical (unpaired) electrons. The maximum atomic E-state index is 11.9. The second kappa shape index (κ2) is 5.61. The molecule has 0 aliphatic carbocycles. The van der Waals surface area contributed by atoms with Crippen molar-refractivity contribution in [2.24, 2.45) is 0 Å². The van der Waals surface area contributed by atoms with Gasteiger partial charge in [0, 0.05) is 11.5 Å². The summed E-state index contributed by atoms with van der Waals surface area (Å²) < 4.78 is 26.8. The Labute approximate surface area is 109 Å². The van der Waals surface area contributed by atoms with Crippen LogP contribution in [0.5, 0.6) is 0 Å². The lowest BCUT2D eigenvalue weighted by Gasteiger charge is -2.12. The molecule has 1 aromatic carbocycles. The first-order chi connectivity index (χ1) is 7.86. The normalized spacial score (nSPS) is 13.1. The van der Waals surface area contributed by atoms with Gasteiger partial charge in [-0.2, -0.15) is 4.72 Å². The Morgan fingerprint density at radius 3 is 2.29 bits per heavy atom. The van der Waals surface area contributed by atoms with Crippen LogP contribution in [0.25, 0.3) is 0 Å². The van der Waals surface area contributed by atoms with Gasteiger partial charge in [0.2, 0.25) is 15.9 Å². The molecular formula is C10H13BrN2O3S. The molecule has 1 rings (SSSR count). The van der Waals surface area contributed by atoms with Crippen LogP contribution < -0.4 is 10.0 Å². The molecule has 0 saturated heterocycles. The molecule has 0 heterocycles. The molecule has 94 valence electrons. The highest BCUT2D eigenvalue weighted by atomic mass is 79.9. The van der Waals surface area contributed by atoms with Crippen molar-refractivity contribution >= 4 is 31.9 Å². The second-order valence-electron chi connectivity index (χ2n) is 3.41. The fourth-order valence-electron chi connectivity index (χ4n) is 1.18. The summed E-state index contributed by atoms with van der Waals surface area (Å²) >= 11 is 3.22. The number of hydrogen-bond acceptors (Lipinski definition) is 3. The van der Waals surface area contributed by atoms with Crippen molar-refractivity contribution in [2.45, 2.75) is 17.9 Å². The first-order valence-corrected chi connectivity index (χ1v) is 7.14. The summed E-state index contributed by atoms with van der Waals surface area (Å²) in [6.07, 6.45) is 0. The van der Waals surface area contributed by atoms with E-state index in [4.69, 9.17) is 0 Å². The number of halogens is 1. The molecule has 0 aliphatic heterocycles. The molecule has 0 aliphatic rings. The Balaban J connectivity index is 2.89. The first-order valence-electron chi connectivity index (χ1n) is 4.86. The standard InChI is InChI=1S/C10H13BrN2O3S/c1-7(10(14)12-2)13-17(15,16)9-5-3-8(11)4-6-9/h3-7,13H,1-2H3,(H,12,14)/t7-/m1/s1. The van der Waals surface area contributed by atoms with Crippen LogP contribution in [0.15, 0.2) is 33.6 Å². The number of likely N-dealkylation sites (N-methyl/N-ethyl adjacent to an activating group) is 1. The molecule has 2 N–H and O–H groups in total. The van der Waals surface area contributed by atoms with Gasteiger partial charge in [-0.15, -0.1) is 0 Å². The van der Waals surface area contributed by atoms with Gasteiger partial charge in [-0.05, 0) is 31.2 Å². The van der Waals surface area contributed by atoms with Crippen molar-refractivity contribution in [1.82, 2.24) is 10.0 Å². The third-order valence-electron chi connectivity index (χ3n) is 2.10. The van der Waals surface area contributed by atoms with Crippen LogP contribution in [0.4, 0.5) is 0 Å². The summed E-state index contributed by atoms with van der Waals surface area (Å²) in [4.78, 5) is 11.4. The van der Waals surface area contributed by atoms with Crippen molar-refractivity contribution in [3.05, 3.63) is 28.7 Å². The largest absolute Gasteiger partial charge is 0.358 e. The lowest BCUT2D eigenvalue weighted by molar-refractivity contribution is -0.121. The molecule has 0 saturated carbocycles. The van der Waals surface area contributed by atoms with E-state index in [0.717, 1.165) is 4.47 Å². The summed E-state index contributed by atoms with van der Waals surface area (Å²) in [5, 5.41) is 2.37. The highest BCUT2D eigenvalue weighted by molar-refractivity contribution is 9.10. The van der Waals surface area contributed by atoms with Gasteiger partial charge in [-0.1, -0.05) is 15.9 Å². The van der Waals surface area contributed by atoms with Gasteiger partial charge >= 0.3 is 0 Å². The van der Waals surface area contributed by atoms with E-state index in [1.807, 2.05) is 0 Å². The SMILES string of the molecule is CNC(=O)[C@@H](C)NS(=O)(=O)c1ccc(Br)cc1. The molecule has 0 unspecified atom stereocenters. The van der Waals surface area contributed by atoms with Crippen molar-refractivity contribution < 1.29 is 13.2 Å². The Bertz CT molecular complexity index is 499. The first kappa shape index (κ1) is 14.1. The minimum Gasteiger partial charge on any atom is -0.358 e. The maximum absolute atomic E-state index is 11.9. The maximum Gasteiger partial charge on any atom is 0.241 e. The average Bonchev–Trinajstić information content (AvgIpc) is 2.27. The summed E-state index contributed by atoms with van der Waals surface area (Å²) in [6.45, 7) is 1.48. The van der Waals surface area contributed by atoms with Gasteiger partial charge in [0.25, 0.3) is 0 Å². The van der Waals surface area contributed by atoms with Crippen molar-refractivity contribution in [1.29, 1.82) is 0 Å². The lowest BCUT2D eigenvalue weighted by Crippen LogP contribution is -2.43. The monoisotopic (exact) mass is 320 g/mol. The Hall–Kier alpha value is -0.920. The third-order valence-corrected chi connectivity index (χ3v) is 4.18. The molecule has 0 aromatic heterocycles. The van der Waals surface area contributed by atoms with Crippen LogP contribution in [0.2, 0.25) is 0 Å². The quantitative estimate of drug-likeness (QED) is 0.864. The Morgan fingerprint density at radius 1 is 1.29 bits per heavy atom. The number of hydrogen-bond donors (Lipinski definition) is 2. The molecule has 1 aromatic rings. The lowest BCUT2D eigenvalue weighted by atomic mass is 10.3. The van der Waals surface area contributed by atoms with E-state index >= 15 is 0 Å². The van der Waals surface area contributed by atoms with Crippen molar-refractivity contribution in [3.8, 4) is 0 Å². The minimum atomic E-state index is -3.66. The molecule has 7 heteroatoms. The van der Waals surface area contributed by atoms with Crippen LogP contribution in [-0.2, 0) is 14.8 Å². The molecule has 5 nitrogen and oxygen atoms in total. The number of nitrogens with one attached hydrogen (secondary N) is 2. The molecular weight excluding hydrogens is 308 g/mol. The fraction of sp³-hybridized carbons (Fsp3) is 0.300. The van der Waals surface area contributed by atoms with Gasteiger partial charge in [0.1, 0.15) is 0 Å². The van der Waals surface area contributed by atoms with E-state index in [-0.39, 0.29) is 10.8 Å². The van der Waals surface area contributed by atoms with E-state index in [1.165, 1.54) is 26.1 Å². The van der Waals surface area contributed by atoms with Gasteiger partial charge in [-0.25, -0.2) is 8.42 Å². The molecule has 0 bridgehead atoms. The molecule has 17 heavy (non-hydrogen) atoms. The number of rotatable bonds is 4. The number of carbonyl (C=O) groups excluding carboxylic acids is 1. The van der Waals surface area contributed by atoms with Crippen LogP contribution in [0, 0.1) is 0 Å². The highest BCUT2D eigenvalue weighted by Crippen LogP contribution is 2.14. The topological polar surface area (TPSA) is 75.3 Å². The predicted octanol–water partition coefficient (Wildman–Crippen LogP) is 0.862. The Kier molecular flexibility index (Phi) is 4.67. The van der Waals surface area contributed by atoms with E-state index < -0.39 is 16.1 Å². The van der Waals surface area contributed by atoms with E-state index in [9.17, 15) is 13.2 Å². The molecule has 1 amide bonds. The van der Waals surface area contributed by atoms with Crippen LogP contribution in [0.3, 0.4) is 0 Å². The smallest absolute Gasteiger partial charge is 0.241 e. The number of benzene rings is 1. The van der Waals surface area contributed by atoms with E-state index in [0.29, 0.717) is 0 Å². The zero-order valence-electron chi connectivity index (χ0n) is 9.40. The molecule has 0 spiro atoms. The Morgan fingerprint density at radius 2 is 1.82 bits per heavy atom. The van der Waals surface area contributed by atoms with E-state index in [2.05, 4.69) is 26.0 Å². The summed E-state index contributed by atoms with van der Waals surface area (Å²) in [7, 11) is -2.21. The van der Waals surface area contributed by atoms with Gasteiger partial charge in [-0.3, -0.25) is 4.79 Å².